The maximum atomic E-state index is 11.9. The zero-order valence-electron chi connectivity index (χ0n) is 15.3. The van der Waals surface area contributed by atoms with Gasteiger partial charge in [-0.2, -0.15) is 5.26 Å². The number of hydrogen-bond donors (Lipinski definition) is 0. The molecule has 1 saturated carbocycles. The summed E-state index contributed by atoms with van der Waals surface area (Å²) in [5.41, 5.74) is 2.35. The van der Waals surface area contributed by atoms with Gasteiger partial charge in [0.2, 0.25) is 0 Å². The smallest absolute Gasteiger partial charge is 0.123 e. The predicted octanol–water partition coefficient (Wildman–Crippen LogP) is 6.32. The number of nitriles is 1. The van der Waals surface area contributed by atoms with Crippen molar-refractivity contribution in [1.82, 2.24) is 0 Å². The Morgan fingerprint density at radius 1 is 1.28 bits per heavy atom. The van der Waals surface area contributed by atoms with Gasteiger partial charge in [-0.15, -0.1) is 0 Å². The lowest BCUT2D eigenvalue weighted by Gasteiger charge is -2.37. The van der Waals surface area contributed by atoms with Gasteiger partial charge in [-0.3, -0.25) is 0 Å². The van der Waals surface area contributed by atoms with Crippen molar-refractivity contribution in [3.05, 3.63) is 72.6 Å². The standard InChI is InChI=1S/C17H23N.C6H5F/c1-11(2)17-14(12(3)8-9-18)6-5-7-15(17)16-10-13(16)4;7-6-4-2-1-3-5-6/h5,7,13-17H,1,3,6,8,10H2,2,4H3;1-5H. The summed E-state index contributed by atoms with van der Waals surface area (Å²) in [7, 11) is 0. The van der Waals surface area contributed by atoms with E-state index in [1.54, 1.807) is 18.2 Å². The maximum Gasteiger partial charge on any atom is 0.123 e. The Morgan fingerprint density at radius 2 is 1.92 bits per heavy atom. The van der Waals surface area contributed by atoms with E-state index in [9.17, 15) is 4.39 Å². The van der Waals surface area contributed by atoms with Crippen molar-refractivity contribution >= 4 is 0 Å². The lowest BCUT2D eigenvalue weighted by Crippen LogP contribution is -2.29. The van der Waals surface area contributed by atoms with Crippen LogP contribution in [0.5, 0.6) is 0 Å². The Morgan fingerprint density at radius 3 is 2.36 bits per heavy atom. The molecule has 132 valence electrons. The second-order valence-electron chi connectivity index (χ2n) is 7.39. The topological polar surface area (TPSA) is 23.8 Å². The fourth-order valence-electron chi connectivity index (χ4n) is 3.95. The second kappa shape index (κ2) is 8.81. The van der Waals surface area contributed by atoms with Gasteiger partial charge < -0.3 is 0 Å². The molecule has 5 atom stereocenters. The van der Waals surface area contributed by atoms with Crippen molar-refractivity contribution in [2.45, 2.75) is 33.1 Å². The average Bonchev–Trinajstić information content (AvgIpc) is 3.32. The van der Waals surface area contributed by atoms with Crippen LogP contribution in [-0.4, -0.2) is 0 Å². The lowest BCUT2D eigenvalue weighted by molar-refractivity contribution is 0.290. The van der Waals surface area contributed by atoms with Crippen LogP contribution in [0, 0.1) is 46.7 Å². The quantitative estimate of drug-likeness (QED) is 0.590. The molecule has 0 heterocycles. The summed E-state index contributed by atoms with van der Waals surface area (Å²) in [5.74, 6) is 3.02. The normalized spacial score (nSPS) is 29.8. The van der Waals surface area contributed by atoms with Crippen molar-refractivity contribution in [2.24, 2.45) is 29.6 Å². The Labute approximate surface area is 151 Å². The molecule has 2 heteroatoms. The molecule has 0 bridgehead atoms. The van der Waals surface area contributed by atoms with Crippen LogP contribution in [-0.2, 0) is 0 Å². The van der Waals surface area contributed by atoms with E-state index in [0.29, 0.717) is 24.2 Å². The second-order valence-corrected chi connectivity index (χ2v) is 7.39. The maximum absolute atomic E-state index is 11.9. The zero-order valence-corrected chi connectivity index (χ0v) is 15.3. The van der Waals surface area contributed by atoms with E-state index >= 15 is 0 Å². The summed E-state index contributed by atoms with van der Waals surface area (Å²) < 4.78 is 11.9. The van der Waals surface area contributed by atoms with Crippen LogP contribution < -0.4 is 0 Å². The molecule has 0 aliphatic heterocycles. The van der Waals surface area contributed by atoms with Crippen molar-refractivity contribution in [2.75, 3.05) is 0 Å². The molecule has 0 aromatic heterocycles. The van der Waals surface area contributed by atoms with E-state index in [2.05, 4.69) is 45.2 Å². The van der Waals surface area contributed by atoms with Crippen molar-refractivity contribution in [3.63, 3.8) is 0 Å². The molecule has 0 spiro atoms. The van der Waals surface area contributed by atoms with Crippen molar-refractivity contribution < 1.29 is 4.39 Å². The first-order chi connectivity index (χ1) is 12.0. The number of nitrogens with zero attached hydrogens (tertiary/aromatic N) is 1. The average molecular weight is 337 g/mol. The van der Waals surface area contributed by atoms with E-state index in [0.717, 1.165) is 23.8 Å². The first-order valence-electron chi connectivity index (χ1n) is 9.03. The van der Waals surface area contributed by atoms with Crippen LogP contribution in [0.2, 0.25) is 0 Å². The highest BCUT2D eigenvalue weighted by atomic mass is 19.1. The third-order valence-corrected chi connectivity index (χ3v) is 5.40. The minimum Gasteiger partial charge on any atom is -0.207 e. The third-order valence-electron chi connectivity index (χ3n) is 5.40. The number of hydrogen-bond acceptors (Lipinski definition) is 1. The molecule has 0 amide bonds. The van der Waals surface area contributed by atoms with Crippen LogP contribution in [0.3, 0.4) is 0 Å². The van der Waals surface area contributed by atoms with Gasteiger partial charge in [0.05, 0.1) is 12.5 Å². The molecule has 5 unspecified atom stereocenters. The van der Waals surface area contributed by atoms with E-state index in [-0.39, 0.29) is 5.82 Å². The molecular formula is C23H28FN. The first-order valence-corrected chi connectivity index (χ1v) is 9.03. The van der Waals surface area contributed by atoms with Gasteiger partial charge in [0.1, 0.15) is 5.82 Å². The third kappa shape index (κ3) is 5.16. The molecule has 1 aromatic rings. The number of halogens is 1. The Balaban J connectivity index is 0.000000269. The molecule has 1 nitrogen and oxygen atoms in total. The number of allylic oxidation sites excluding steroid dienone is 4. The highest BCUT2D eigenvalue weighted by molar-refractivity contribution is 5.23. The van der Waals surface area contributed by atoms with Gasteiger partial charge in [-0.25, -0.2) is 4.39 Å². The summed E-state index contributed by atoms with van der Waals surface area (Å²) in [6.07, 6.45) is 7.53. The van der Waals surface area contributed by atoms with E-state index in [1.165, 1.54) is 24.1 Å². The Bertz CT molecular complexity index is 667. The number of benzene rings is 1. The zero-order chi connectivity index (χ0) is 18.4. The van der Waals surface area contributed by atoms with Crippen LogP contribution in [0.25, 0.3) is 0 Å². The van der Waals surface area contributed by atoms with Gasteiger partial charge in [-0.1, -0.05) is 61.6 Å². The number of rotatable bonds is 4. The van der Waals surface area contributed by atoms with Crippen LogP contribution in [0.4, 0.5) is 4.39 Å². The van der Waals surface area contributed by atoms with E-state index in [1.807, 2.05) is 0 Å². The van der Waals surface area contributed by atoms with Gasteiger partial charge in [-0.05, 0) is 61.5 Å². The Hall–Kier alpha value is -2.14. The fourth-order valence-corrected chi connectivity index (χ4v) is 3.95. The van der Waals surface area contributed by atoms with E-state index < -0.39 is 0 Å². The largest absolute Gasteiger partial charge is 0.207 e. The van der Waals surface area contributed by atoms with Gasteiger partial charge >= 0.3 is 0 Å². The summed E-state index contributed by atoms with van der Waals surface area (Å²) in [6, 6.07) is 10.2. The van der Waals surface area contributed by atoms with Crippen molar-refractivity contribution in [3.8, 4) is 6.07 Å². The minimum atomic E-state index is -0.178. The van der Waals surface area contributed by atoms with Gasteiger partial charge in [0, 0.05) is 0 Å². The van der Waals surface area contributed by atoms with Crippen LogP contribution >= 0.6 is 0 Å². The summed E-state index contributed by atoms with van der Waals surface area (Å²) in [6.45, 7) is 12.8. The highest BCUT2D eigenvalue weighted by Crippen LogP contribution is 2.53. The predicted molar refractivity (Wildman–Crippen MR) is 102 cm³/mol. The molecule has 1 fully saturated rings. The molecule has 2 aliphatic carbocycles. The summed E-state index contributed by atoms with van der Waals surface area (Å²) in [5, 5.41) is 8.87. The minimum absolute atomic E-state index is 0.178. The monoisotopic (exact) mass is 337 g/mol. The lowest BCUT2D eigenvalue weighted by atomic mass is 9.67. The van der Waals surface area contributed by atoms with Gasteiger partial charge in [0.25, 0.3) is 0 Å². The molecular weight excluding hydrogens is 309 g/mol. The molecule has 0 N–H and O–H groups in total. The van der Waals surface area contributed by atoms with E-state index in [4.69, 9.17) is 5.26 Å². The fraction of sp³-hybridized carbons (Fsp3) is 0.435. The summed E-state index contributed by atoms with van der Waals surface area (Å²) in [4.78, 5) is 0. The highest BCUT2D eigenvalue weighted by Gasteiger charge is 2.45. The first kappa shape index (κ1) is 19.2. The van der Waals surface area contributed by atoms with Crippen LogP contribution in [0.15, 0.2) is 66.8 Å². The van der Waals surface area contributed by atoms with Crippen molar-refractivity contribution in [1.29, 1.82) is 5.26 Å². The SMILES string of the molecule is C=C(CC#N)C1CC=CC(C2CC2C)C1C(=C)C.Fc1ccccc1. The summed E-state index contributed by atoms with van der Waals surface area (Å²) >= 11 is 0. The molecule has 1 aromatic carbocycles. The molecule has 0 saturated heterocycles. The van der Waals surface area contributed by atoms with Crippen LogP contribution in [0.1, 0.15) is 33.1 Å². The molecule has 2 aliphatic rings. The molecule has 0 radical (unpaired) electrons. The van der Waals surface area contributed by atoms with Gasteiger partial charge in [0.15, 0.2) is 0 Å². The molecule has 25 heavy (non-hydrogen) atoms. The molecule has 3 rings (SSSR count). The Kier molecular flexibility index (Phi) is 6.76.